The van der Waals surface area contributed by atoms with Crippen LogP contribution in [-0.2, 0) is 6.61 Å². The first kappa shape index (κ1) is 12.5. The van der Waals surface area contributed by atoms with Crippen LogP contribution in [-0.4, -0.2) is 16.5 Å². The molecule has 1 rings (SSSR count). The van der Waals surface area contributed by atoms with Crippen molar-refractivity contribution in [3.8, 4) is 5.88 Å². The van der Waals surface area contributed by atoms with E-state index in [0.29, 0.717) is 11.1 Å². The Hall–Kier alpha value is -0.570. The van der Waals surface area contributed by atoms with Crippen LogP contribution in [0.4, 0.5) is 13.2 Å². The van der Waals surface area contributed by atoms with Gasteiger partial charge in [0.15, 0.2) is 0 Å². The third kappa shape index (κ3) is 3.20. The third-order valence-corrected chi connectivity index (χ3v) is 2.99. The summed E-state index contributed by atoms with van der Waals surface area (Å²) in [5.41, 5.74) is 1.02. The van der Waals surface area contributed by atoms with Crippen molar-refractivity contribution in [1.29, 1.82) is 0 Å². The van der Waals surface area contributed by atoms with Gasteiger partial charge in [-0.25, -0.2) is 4.98 Å². The highest BCUT2D eigenvalue weighted by molar-refractivity contribution is 14.1. The second-order valence-electron chi connectivity index (χ2n) is 2.73. The molecule has 0 saturated heterocycles. The molecule has 0 amide bonds. The summed E-state index contributed by atoms with van der Waals surface area (Å²) in [6, 6.07) is 0. The maximum atomic E-state index is 11.9. The SMILES string of the molecule is Cc1c(CO)cnc(OC(F)(F)F)c1I. The van der Waals surface area contributed by atoms with Crippen LogP contribution in [0.25, 0.3) is 0 Å². The van der Waals surface area contributed by atoms with Crippen molar-refractivity contribution in [2.75, 3.05) is 0 Å². The van der Waals surface area contributed by atoms with Crippen LogP contribution in [0.15, 0.2) is 6.20 Å². The van der Waals surface area contributed by atoms with Gasteiger partial charge in [0, 0.05) is 11.8 Å². The molecule has 0 aliphatic carbocycles. The Bertz CT molecular complexity index is 368. The van der Waals surface area contributed by atoms with Crippen LogP contribution < -0.4 is 4.74 Å². The molecule has 0 aliphatic rings. The summed E-state index contributed by atoms with van der Waals surface area (Å²) >= 11 is 1.70. The van der Waals surface area contributed by atoms with E-state index in [4.69, 9.17) is 5.11 Å². The first-order valence-corrected chi connectivity index (χ1v) is 4.93. The highest BCUT2D eigenvalue weighted by Crippen LogP contribution is 2.28. The summed E-state index contributed by atoms with van der Waals surface area (Å²) in [4.78, 5) is 3.49. The lowest BCUT2D eigenvalue weighted by Gasteiger charge is -2.12. The Balaban J connectivity index is 3.07. The van der Waals surface area contributed by atoms with E-state index in [9.17, 15) is 13.2 Å². The zero-order valence-corrected chi connectivity index (χ0v) is 9.76. The number of hydrogen-bond donors (Lipinski definition) is 1. The van der Waals surface area contributed by atoms with Crippen LogP contribution in [0, 0.1) is 10.5 Å². The number of hydrogen-bond acceptors (Lipinski definition) is 3. The summed E-state index contributed by atoms with van der Waals surface area (Å²) in [7, 11) is 0. The third-order valence-electron chi connectivity index (χ3n) is 1.72. The van der Waals surface area contributed by atoms with Crippen molar-refractivity contribution < 1.29 is 23.0 Å². The van der Waals surface area contributed by atoms with Gasteiger partial charge in [0.1, 0.15) is 0 Å². The predicted octanol–water partition coefficient (Wildman–Crippen LogP) is 2.39. The molecule has 0 radical (unpaired) electrons. The van der Waals surface area contributed by atoms with E-state index in [1.54, 1.807) is 29.5 Å². The zero-order valence-electron chi connectivity index (χ0n) is 7.60. The topological polar surface area (TPSA) is 42.4 Å². The molecule has 0 saturated carbocycles. The van der Waals surface area contributed by atoms with Gasteiger partial charge >= 0.3 is 6.36 Å². The van der Waals surface area contributed by atoms with Gasteiger partial charge in [-0.05, 0) is 35.1 Å². The summed E-state index contributed by atoms with van der Waals surface area (Å²) in [6.07, 6.45) is -3.58. The van der Waals surface area contributed by atoms with Crippen molar-refractivity contribution >= 4 is 22.6 Å². The Morgan fingerprint density at radius 1 is 1.53 bits per heavy atom. The van der Waals surface area contributed by atoms with E-state index in [2.05, 4.69) is 9.72 Å². The monoisotopic (exact) mass is 333 g/mol. The molecule has 0 aromatic carbocycles. The number of alkyl halides is 3. The van der Waals surface area contributed by atoms with Crippen molar-refractivity contribution in [2.24, 2.45) is 0 Å². The molecule has 3 nitrogen and oxygen atoms in total. The molecule has 0 fully saturated rings. The molecule has 0 aliphatic heterocycles. The summed E-state index contributed by atoms with van der Waals surface area (Å²) < 4.78 is 39.7. The number of halogens is 4. The number of ether oxygens (including phenoxy) is 1. The van der Waals surface area contributed by atoms with E-state index < -0.39 is 12.2 Å². The lowest BCUT2D eigenvalue weighted by atomic mass is 10.2. The van der Waals surface area contributed by atoms with Crippen LogP contribution in [0.2, 0.25) is 0 Å². The minimum Gasteiger partial charge on any atom is -0.392 e. The lowest BCUT2D eigenvalue weighted by molar-refractivity contribution is -0.276. The Morgan fingerprint density at radius 2 is 2.13 bits per heavy atom. The van der Waals surface area contributed by atoms with Crippen molar-refractivity contribution in [1.82, 2.24) is 4.98 Å². The number of nitrogens with zero attached hydrogens (tertiary/aromatic N) is 1. The molecular weight excluding hydrogens is 326 g/mol. The van der Waals surface area contributed by atoms with E-state index in [1.165, 1.54) is 6.20 Å². The van der Waals surface area contributed by atoms with E-state index in [-0.39, 0.29) is 10.2 Å². The fraction of sp³-hybridized carbons (Fsp3) is 0.375. The summed E-state index contributed by atoms with van der Waals surface area (Å²) in [5.74, 6) is -0.488. The van der Waals surface area contributed by atoms with Crippen LogP contribution in [0.5, 0.6) is 5.88 Å². The van der Waals surface area contributed by atoms with Crippen LogP contribution in [0.1, 0.15) is 11.1 Å². The fourth-order valence-corrected chi connectivity index (χ4v) is 1.53. The molecule has 1 aromatic heterocycles. The Morgan fingerprint density at radius 3 is 2.60 bits per heavy atom. The molecule has 1 N–H and O–H groups in total. The molecule has 84 valence electrons. The van der Waals surface area contributed by atoms with Crippen LogP contribution in [0.3, 0.4) is 0 Å². The smallest absolute Gasteiger partial charge is 0.392 e. The first-order valence-electron chi connectivity index (χ1n) is 3.85. The quantitative estimate of drug-likeness (QED) is 0.845. The van der Waals surface area contributed by atoms with Gasteiger partial charge in [0.2, 0.25) is 5.88 Å². The van der Waals surface area contributed by atoms with E-state index in [1.807, 2.05) is 0 Å². The lowest BCUT2D eigenvalue weighted by Crippen LogP contribution is -2.19. The van der Waals surface area contributed by atoms with Gasteiger partial charge in [-0.2, -0.15) is 0 Å². The zero-order chi connectivity index (χ0) is 11.6. The fourth-order valence-electron chi connectivity index (χ4n) is 0.932. The average Bonchev–Trinajstić information content (AvgIpc) is 2.11. The normalized spacial score (nSPS) is 11.6. The second kappa shape index (κ2) is 4.52. The Labute approximate surface area is 97.4 Å². The molecular formula is C8H7F3INO2. The molecule has 0 spiro atoms. The molecule has 0 atom stereocenters. The average molecular weight is 333 g/mol. The highest BCUT2D eigenvalue weighted by atomic mass is 127. The van der Waals surface area contributed by atoms with Crippen molar-refractivity contribution in [3.63, 3.8) is 0 Å². The second-order valence-corrected chi connectivity index (χ2v) is 3.81. The van der Waals surface area contributed by atoms with Gasteiger partial charge in [-0.15, -0.1) is 13.2 Å². The number of aromatic nitrogens is 1. The highest BCUT2D eigenvalue weighted by Gasteiger charge is 2.33. The van der Waals surface area contributed by atoms with Gasteiger partial charge in [0.25, 0.3) is 0 Å². The van der Waals surface area contributed by atoms with Crippen LogP contribution >= 0.6 is 22.6 Å². The van der Waals surface area contributed by atoms with E-state index in [0.717, 1.165) is 0 Å². The minimum atomic E-state index is -4.75. The molecule has 15 heavy (non-hydrogen) atoms. The van der Waals surface area contributed by atoms with Crippen molar-refractivity contribution in [3.05, 3.63) is 20.9 Å². The van der Waals surface area contributed by atoms with Gasteiger partial charge < -0.3 is 9.84 Å². The van der Waals surface area contributed by atoms with E-state index >= 15 is 0 Å². The Kier molecular flexibility index (Phi) is 3.77. The predicted molar refractivity (Wildman–Crippen MR) is 54.3 cm³/mol. The number of pyridine rings is 1. The summed E-state index contributed by atoms with van der Waals surface area (Å²) in [6.45, 7) is 1.33. The van der Waals surface area contributed by atoms with Gasteiger partial charge in [0.05, 0.1) is 10.2 Å². The molecule has 0 unspecified atom stereocenters. The largest absolute Gasteiger partial charge is 0.574 e. The maximum Gasteiger partial charge on any atom is 0.574 e. The standard InChI is InChI=1S/C8H7F3INO2/c1-4-5(3-14)2-13-7(6(4)12)15-8(9,10)11/h2,14H,3H2,1H3. The molecule has 1 heterocycles. The molecule has 1 aromatic rings. The molecule has 0 bridgehead atoms. The number of aliphatic hydroxyl groups is 1. The van der Waals surface area contributed by atoms with Gasteiger partial charge in [-0.1, -0.05) is 0 Å². The molecule has 7 heteroatoms. The maximum absolute atomic E-state index is 11.9. The van der Waals surface area contributed by atoms with Crippen molar-refractivity contribution in [2.45, 2.75) is 19.9 Å². The first-order chi connectivity index (χ1) is 6.85. The number of rotatable bonds is 2. The number of aliphatic hydroxyl groups excluding tert-OH is 1. The van der Waals surface area contributed by atoms with Gasteiger partial charge in [-0.3, -0.25) is 0 Å². The minimum absolute atomic E-state index is 0.247. The summed E-state index contributed by atoms with van der Waals surface area (Å²) in [5, 5.41) is 8.86.